The lowest BCUT2D eigenvalue weighted by Gasteiger charge is -2.31. The maximum Gasteiger partial charge on any atom is 0.329 e. The first-order valence-corrected chi connectivity index (χ1v) is 28.5. The fraction of sp³-hybridized carbons (Fsp3) is 0.789. The van der Waals surface area contributed by atoms with Crippen molar-refractivity contribution in [3.05, 3.63) is 0 Å². The summed E-state index contributed by atoms with van der Waals surface area (Å²) >= 11 is 0. The predicted octanol–water partition coefficient (Wildman–Crippen LogP) is 3.51. The number of carbonyl (C=O) groups excluding carboxylic acids is 12. The number of hydrogen-bond acceptors (Lipinski definition) is 18. The van der Waals surface area contributed by atoms with Crippen LogP contribution in [0.1, 0.15) is 165 Å². The zero-order chi connectivity index (χ0) is 62.7. The molecule has 6 N–H and O–H groups in total. The van der Waals surface area contributed by atoms with Gasteiger partial charge >= 0.3 is 35.8 Å². The van der Waals surface area contributed by atoms with Gasteiger partial charge < -0.3 is 60.3 Å². The summed E-state index contributed by atoms with van der Waals surface area (Å²) in [6, 6.07) is -8.38. The number of cyclic esters (lactones) is 6. The summed E-state index contributed by atoms with van der Waals surface area (Å²) in [6.07, 6.45) is -8.28. The first-order valence-electron chi connectivity index (χ1n) is 28.5. The zero-order valence-electron chi connectivity index (χ0n) is 51.6. The molecule has 15 atom stereocenters. The quantitative estimate of drug-likeness (QED) is 0.120. The van der Waals surface area contributed by atoms with Crippen LogP contribution < -0.4 is 31.9 Å². The minimum absolute atomic E-state index is 0.310. The van der Waals surface area contributed by atoms with Crippen molar-refractivity contribution >= 4 is 71.3 Å². The zero-order valence-corrected chi connectivity index (χ0v) is 51.6. The normalized spacial score (nSPS) is 29.2. The van der Waals surface area contributed by atoms with Crippen LogP contribution in [-0.2, 0) is 86.0 Å². The topological polar surface area (TPSA) is 332 Å². The van der Waals surface area contributed by atoms with Gasteiger partial charge in [0.2, 0.25) is 0 Å². The molecule has 0 unspecified atom stereocenters. The molecule has 0 spiro atoms. The first kappa shape index (κ1) is 72.7. The van der Waals surface area contributed by atoms with Gasteiger partial charge in [-0.1, -0.05) is 125 Å². The molecule has 0 radical (unpaired) electrons. The van der Waals surface area contributed by atoms with E-state index in [-0.39, 0.29) is 0 Å². The van der Waals surface area contributed by atoms with E-state index in [4.69, 9.17) is 28.4 Å². The van der Waals surface area contributed by atoms with E-state index in [1.165, 1.54) is 20.8 Å². The number of esters is 6. The second-order valence-electron chi connectivity index (χ2n) is 23.3. The molecule has 0 bridgehead atoms. The van der Waals surface area contributed by atoms with Crippen LogP contribution >= 0.6 is 0 Å². The van der Waals surface area contributed by atoms with Gasteiger partial charge in [-0.25, -0.2) is 28.8 Å². The van der Waals surface area contributed by atoms with E-state index in [0.29, 0.717) is 19.3 Å². The molecule has 0 saturated carbocycles. The van der Waals surface area contributed by atoms with E-state index < -0.39 is 197 Å². The number of nitrogens with one attached hydrogen (secondary N) is 6. The van der Waals surface area contributed by atoms with Crippen LogP contribution in [0.15, 0.2) is 0 Å². The lowest BCUT2D eigenvalue weighted by molar-refractivity contribution is -0.167. The molecule has 0 aromatic rings. The molecule has 1 fully saturated rings. The summed E-state index contributed by atoms with van der Waals surface area (Å²) < 4.78 is 34.0. The summed E-state index contributed by atoms with van der Waals surface area (Å²) in [7, 11) is 0. The van der Waals surface area contributed by atoms with Crippen molar-refractivity contribution in [2.24, 2.45) is 53.3 Å². The van der Waals surface area contributed by atoms with E-state index in [0.717, 1.165) is 0 Å². The summed E-state index contributed by atoms with van der Waals surface area (Å²) in [5, 5.41) is 15.3. The van der Waals surface area contributed by atoms with Crippen LogP contribution in [0.2, 0.25) is 0 Å². The SMILES string of the molecule is CC[C@H](C)[C@H]1OC(=O)[C@H](C(C)C)NC(=O)[C@H](C)OC(=O)[C@H](C(C)C)NC(=O)[C@@H]([C@@H](C)CC)OC(=O)[C@H](C(C)C)NC(=O)[C@H](C)OC(=O)[C@@H](C(C)C)NC(=O)[C@@H]([C@@H](C)CC)OC(=O)[C@@H](C(C)C)NC(=O)[C@H](C)OC(=O)[C@@H](C(C)C)NC1=O. The van der Waals surface area contributed by atoms with Crippen molar-refractivity contribution in [3.63, 3.8) is 0 Å². The van der Waals surface area contributed by atoms with Gasteiger partial charge in [-0.3, -0.25) is 28.8 Å². The molecule has 0 aromatic carbocycles. The maximum atomic E-state index is 14.1. The summed E-state index contributed by atoms with van der Waals surface area (Å²) in [5.74, 6) is -17.5. The first-order chi connectivity index (χ1) is 37.5. The molecule has 1 saturated heterocycles. The third kappa shape index (κ3) is 21.8. The standard InChI is InChI=1S/C57H96N6O18/c1-22-31(16)43-49(67)61-37(25(4)5)52(70)76-35(20)47(65)59-41(29(12)13)56(74)80-45(33(18)24-3)51(69)63-39(27(8)9)54(72)78-36(21)48(66)60-42(30(14)15)57(75)81-44(32(17)23-2)50(68)62-38(26(6)7)53(71)77-34(19)46(64)58-40(28(10)11)55(73)79-43/h25-45H,22-24H2,1-21H3,(H,58,64)(H,59,65)(H,60,66)(H,61,67)(H,62,68)(H,63,69)/t31-,32-,33-,34-,35-,36-,37-,38+,39+,40-,41-,42+,43+,44+,45+/m0/s1. The van der Waals surface area contributed by atoms with Gasteiger partial charge in [0.1, 0.15) is 36.3 Å². The van der Waals surface area contributed by atoms with Crippen LogP contribution in [0.3, 0.4) is 0 Å². The van der Waals surface area contributed by atoms with Crippen LogP contribution in [0.25, 0.3) is 0 Å². The molecule has 24 nitrogen and oxygen atoms in total. The minimum Gasteiger partial charge on any atom is -0.451 e. The van der Waals surface area contributed by atoms with Crippen LogP contribution in [0.5, 0.6) is 0 Å². The Kier molecular flexibility index (Phi) is 30.1. The molecular weight excluding hydrogens is 1060 g/mol. The highest BCUT2D eigenvalue weighted by Crippen LogP contribution is 2.21. The maximum absolute atomic E-state index is 14.1. The van der Waals surface area contributed by atoms with Crippen molar-refractivity contribution < 1.29 is 86.0 Å². The smallest absolute Gasteiger partial charge is 0.329 e. The predicted molar refractivity (Wildman–Crippen MR) is 295 cm³/mol. The van der Waals surface area contributed by atoms with Crippen molar-refractivity contribution in [1.82, 2.24) is 31.9 Å². The van der Waals surface area contributed by atoms with E-state index >= 15 is 0 Å². The molecule has 0 aromatic heterocycles. The molecule has 1 aliphatic rings. The van der Waals surface area contributed by atoms with E-state index in [9.17, 15) is 57.5 Å². The number of rotatable bonds is 12. The van der Waals surface area contributed by atoms with Gasteiger partial charge in [0, 0.05) is 17.8 Å². The minimum atomic E-state index is -1.56. The molecule has 462 valence electrons. The summed E-state index contributed by atoms with van der Waals surface area (Å²) in [6.45, 7) is 33.0. The monoisotopic (exact) mass is 1150 g/mol. The summed E-state index contributed by atoms with van der Waals surface area (Å²) in [5.41, 5.74) is 0. The second kappa shape index (κ2) is 33.5. The van der Waals surface area contributed by atoms with Gasteiger partial charge in [0.25, 0.3) is 35.4 Å². The van der Waals surface area contributed by atoms with Crippen molar-refractivity contribution in [2.75, 3.05) is 0 Å². The Balaban J connectivity index is 3.96. The summed E-state index contributed by atoms with van der Waals surface area (Å²) in [4.78, 5) is 166. The second-order valence-corrected chi connectivity index (χ2v) is 23.3. The van der Waals surface area contributed by atoms with Gasteiger partial charge in [0.15, 0.2) is 36.6 Å². The molecule has 24 heteroatoms. The average Bonchev–Trinajstić information content (AvgIpc) is 3.38. The Morgan fingerprint density at radius 2 is 0.420 bits per heavy atom. The molecule has 6 amide bonds. The van der Waals surface area contributed by atoms with Gasteiger partial charge in [0.05, 0.1) is 0 Å². The third-order valence-corrected chi connectivity index (χ3v) is 14.3. The van der Waals surface area contributed by atoms with Crippen LogP contribution in [0.4, 0.5) is 0 Å². The number of amides is 6. The van der Waals surface area contributed by atoms with Crippen LogP contribution in [-0.4, -0.2) is 144 Å². The van der Waals surface area contributed by atoms with Gasteiger partial charge in [-0.05, 0) is 75.5 Å². The Hall–Kier alpha value is -6.36. The lowest BCUT2D eigenvalue weighted by Crippen LogP contribution is -2.56. The molecule has 0 aliphatic carbocycles. The van der Waals surface area contributed by atoms with E-state index in [2.05, 4.69) is 31.9 Å². The number of carbonyl (C=O) groups is 12. The molecule has 1 heterocycles. The molecule has 1 rings (SSSR count). The van der Waals surface area contributed by atoms with Crippen molar-refractivity contribution in [2.45, 2.75) is 238 Å². The number of ether oxygens (including phenoxy) is 6. The fourth-order valence-electron chi connectivity index (χ4n) is 7.93. The molecule has 81 heavy (non-hydrogen) atoms. The van der Waals surface area contributed by atoms with Gasteiger partial charge in [-0.2, -0.15) is 0 Å². The third-order valence-electron chi connectivity index (χ3n) is 14.3. The van der Waals surface area contributed by atoms with Gasteiger partial charge in [-0.15, -0.1) is 0 Å². The van der Waals surface area contributed by atoms with E-state index in [1.807, 2.05) is 0 Å². The Morgan fingerprint density at radius 3 is 0.568 bits per heavy atom. The Morgan fingerprint density at radius 1 is 0.272 bits per heavy atom. The van der Waals surface area contributed by atoms with Crippen LogP contribution in [0, 0.1) is 53.3 Å². The van der Waals surface area contributed by atoms with Crippen molar-refractivity contribution in [3.8, 4) is 0 Å². The largest absolute Gasteiger partial charge is 0.451 e. The Labute approximate surface area is 478 Å². The molecule has 1 aliphatic heterocycles. The number of hydrogen-bond donors (Lipinski definition) is 6. The van der Waals surface area contributed by atoms with Crippen molar-refractivity contribution in [1.29, 1.82) is 0 Å². The van der Waals surface area contributed by atoms with E-state index in [1.54, 1.807) is 125 Å². The lowest BCUT2D eigenvalue weighted by atomic mass is 9.98. The Bertz CT molecular complexity index is 1940. The average molecular weight is 1150 g/mol. The highest BCUT2D eigenvalue weighted by molar-refractivity contribution is 5.96. The highest BCUT2D eigenvalue weighted by atomic mass is 16.6. The molecular formula is C57H96N6O18. The highest BCUT2D eigenvalue weighted by Gasteiger charge is 2.42. The fourth-order valence-corrected chi connectivity index (χ4v) is 7.93.